The minimum absolute atomic E-state index is 0.231. The highest BCUT2D eigenvalue weighted by atomic mass is 16.5. The van der Waals surface area contributed by atoms with Gasteiger partial charge in [0.25, 0.3) is 5.91 Å². The van der Waals surface area contributed by atoms with E-state index in [1.807, 2.05) is 12.1 Å². The molecule has 8 nitrogen and oxygen atoms in total. The predicted octanol–water partition coefficient (Wildman–Crippen LogP) is 3.12. The molecule has 1 fully saturated rings. The Morgan fingerprint density at radius 2 is 1.84 bits per heavy atom. The Balaban J connectivity index is 1.45. The number of furan rings is 1. The molecule has 0 atom stereocenters. The van der Waals surface area contributed by atoms with Crippen LogP contribution in [-0.2, 0) is 11.3 Å². The lowest BCUT2D eigenvalue weighted by Gasteiger charge is -2.26. The molecule has 0 bridgehead atoms. The zero-order valence-corrected chi connectivity index (χ0v) is 18.5. The number of methoxy groups -OCH3 is 2. The lowest BCUT2D eigenvalue weighted by molar-refractivity contribution is 0.0384. The average molecular weight is 440 g/mol. The van der Waals surface area contributed by atoms with Crippen LogP contribution in [0.15, 0.2) is 46.9 Å². The first kappa shape index (κ1) is 22.1. The van der Waals surface area contributed by atoms with E-state index in [0.717, 1.165) is 56.1 Å². The van der Waals surface area contributed by atoms with Gasteiger partial charge in [-0.3, -0.25) is 9.69 Å². The molecule has 8 heteroatoms. The number of rotatable bonds is 9. The monoisotopic (exact) mass is 439 g/mol. The largest absolute Gasteiger partial charge is 0.497 e. The summed E-state index contributed by atoms with van der Waals surface area (Å²) >= 11 is 0. The van der Waals surface area contributed by atoms with Crippen LogP contribution in [0, 0.1) is 0 Å². The Morgan fingerprint density at radius 3 is 2.56 bits per heavy atom. The first-order valence-corrected chi connectivity index (χ1v) is 10.7. The van der Waals surface area contributed by atoms with Crippen LogP contribution in [0.1, 0.15) is 16.1 Å². The Labute approximate surface area is 187 Å². The Bertz CT molecular complexity index is 1040. The maximum Gasteiger partial charge on any atom is 0.291 e. The SMILES string of the molecule is COc1ccc(NC(=O)c2cc3c(CNCCN4CCOCC4)ccc(OC)c3o2)cc1. The quantitative estimate of drug-likeness (QED) is 0.496. The van der Waals surface area contributed by atoms with Crippen LogP contribution in [0.2, 0.25) is 0 Å². The van der Waals surface area contributed by atoms with Gasteiger partial charge in [0.1, 0.15) is 5.75 Å². The smallest absolute Gasteiger partial charge is 0.291 e. The van der Waals surface area contributed by atoms with E-state index in [2.05, 4.69) is 15.5 Å². The summed E-state index contributed by atoms with van der Waals surface area (Å²) in [6, 6.07) is 12.8. The van der Waals surface area contributed by atoms with Crippen molar-refractivity contribution >= 4 is 22.6 Å². The fourth-order valence-electron chi connectivity index (χ4n) is 3.73. The third-order valence-corrected chi connectivity index (χ3v) is 5.55. The summed E-state index contributed by atoms with van der Waals surface area (Å²) in [4.78, 5) is 15.2. The summed E-state index contributed by atoms with van der Waals surface area (Å²) in [6.07, 6.45) is 0. The zero-order valence-electron chi connectivity index (χ0n) is 18.5. The first-order valence-electron chi connectivity index (χ1n) is 10.7. The maximum absolute atomic E-state index is 12.8. The number of nitrogens with zero attached hydrogens (tertiary/aromatic N) is 1. The zero-order chi connectivity index (χ0) is 22.3. The number of morpholine rings is 1. The highest BCUT2D eigenvalue weighted by molar-refractivity contribution is 6.05. The molecule has 170 valence electrons. The van der Waals surface area contributed by atoms with Crippen LogP contribution in [0.3, 0.4) is 0 Å². The van der Waals surface area contributed by atoms with E-state index in [9.17, 15) is 4.79 Å². The number of carbonyl (C=O) groups is 1. The summed E-state index contributed by atoms with van der Waals surface area (Å²) in [5, 5.41) is 7.21. The van der Waals surface area contributed by atoms with Gasteiger partial charge in [0, 0.05) is 43.8 Å². The van der Waals surface area contributed by atoms with Crippen molar-refractivity contribution in [1.82, 2.24) is 10.2 Å². The summed E-state index contributed by atoms with van der Waals surface area (Å²) in [6.45, 7) is 6.07. The van der Waals surface area contributed by atoms with E-state index < -0.39 is 0 Å². The van der Waals surface area contributed by atoms with Crippen molar-refractivity contribution in [3.63, 3.8) is 0 Å². The van der Waals surface area contributed by atoms with Gasteiger partial charge in [0.2, 0.25) is 0 Å². The van der Waals surface area contributed by atoms with Crippen molar-refractivity contribution < 1.29 is 23.4 Å². The number of nitrogens with one attached hydrogen (secondary N) is 2. The molecule has 1 aliphatic rings. The third kappa shape index (κ3) is 5.21. The van der Waals surface area contributed by atoms with Crippen LogP contribution < -0.4 is 20.1 Å². The molecule has 2 aromatic carbocycles. The maximum atomic E-state index is 12.8. The van der Waals surface area contributed by atoms with Gasteiger partial charge in [-0.25, -0.2) is 0 Å². The molecule has 1 amide bonds. The summed E-state index contributed by atoms with van der Waals surface area (Å²) in [5.74, 6) is 1.23. The Morgan fingerprint density at radius 1 is 1.06 bits per heavy atom. The van der Waals surface area contributed by atoms with Crippen molar-refractivity contribution in [3.8, 4) is 11.5 Å². The van der Waals surface area contributed by atoms with E-state index >= 15 is 0 Å². The normalized spacial score (nSPS) is 14.4. The highest BCUT2D eigenvalue weighted by Gasteiger charge is 2.18. The van der Waals surface area contributed by atoms with E-state index in [1.165, 1.54) is 0 Å². The van der Waals surface area contributed by atoms with E-state index in [1.54, 1.807) is 44.6 Å². The Hall–Kier alpha value is -3.07. The second-order valence-electron chi connectivity index (χ2n) is 7.59. The molecular weight excluding hydrogens is 410 g/mol. The van der Waals surface area contributed by atoms with Crippen LogP contribution in [0.5, 0.6) is 11.5 Å². The minimum Gasteiger partial charge on any atom is -0.497 e. The van der Waals surface area contributed by atoms with Crippen molar-refractivity contribution in [3.05, 3.63) is 53.8 Å². The second-order valence-corrected chi connectivity index (χ2v) is 7.59. The van der Waals surface area contributed by atoms with Crippen LogP contribution in [0.4, 0.5) is 5.69 Å². The van der Waals surface area contributed by atoms with Crippen LogP contribution in [0.25, 0.3) is 11.0 Å². The van der Waals surface area contributed by atoms with Crippen molar-refractivity contribution in [2.24, 2.45) is 0 Å². The van der Waals surface area contributed by atoms with Gasteiger partial charge >= 0.3 is 0 Å². The fourth-order valence-corrected chi connectivity index (χ4v) is 3.73. The van der Waals surface area contributed by atoms with E-state index in [4.69, 9.17) is 18.6 Å². The molecule has 0 spiro atoms. The number of fused-ring (bicyclic) bond motifs is 1. The standard InChI is InChI=1S/C24H29N3O5/c1-29-19-6-4-18(5-7-19)26-24(28)22-15-20-17(3-8-21(30-2)23(20)32-22)16-25-9-10-27-11-13-31-14-12-27/h3-8,15,25H,9-14,16H2,1-2H3,(H,26,28). The average Bonchev–Trinajstić information content (AvgIpc) is 3.29. The number of ether oxygens (including phenoxy) is 3. The number of amides is 1. The number of carbonyl (C=O) groups excluding carboxylic acids is 1. The minimum atomic E-state index is -0.320. The second kappa shape index (κ2) is 10.5. The van der Waals surface area contributed by atoms with Crippen molar-refractivity contribution in [2.75, 3.05) is 58.9 Å². The lowest BCUT2D eigenvalue weighted by Crippen LogP contribution is -2.40. The summed E-state index contributed by atoms with van der Waals surface area (Å²) in [7, 11) is 3.19. The van der Waals surface area contributed by atoms with Gasteiger partial charge in [-0.05, 0) is 42.0 Å². The summed E-state index contributed by atoms with van der Waals surface area (Å²) < 4.78 is 21.9. The van der Waals surface area contributed by atoms with E-state index in [0.29, 0.717) is 23.6 Å². The van der Waals surface area contributed by atoms with Gasteiger partial charge < -0.3 is 29.3 Å². The molecule has 0 saturated carbocycles. The van der Waals surface area contributed by atoms with Gasteiger partial charge in [-0.1, -0.05) is 6.07 Å². The van der Waals surface area contributed by atoms with Crippen LogP contribution in [-0.4, -0.2) is 64.4 Å². The lowest BCUT2D eigenvalue weighted by atomic mass is 10.1. The van der Waals surface area contributed by atoms with Gasteiger partial charge in [0.05, 0.1) is 27.4 Å². The number of benzene rings is 2. The van der Waals surface area contributed by atoms with Gasteiger partial charge in [-0.15, -0.1) is 0 Å². The molecule has 1 aliphatic heterocycles. The molecule has 3 aromatic rings. The topological polar surface area (TPSA) is 85.2 Å². The molecule has 1 aromatic heterocycles. The fraction of sp³-hybridized carbons (Fsp3) is 0.375. The molecule has 32 heavy (non-hydrogen) atoms. The third-order valence-electron chi connectivity index (χ3n) is 5.55. The molecule has 0 aliphatic carbocycles. The Kier molecular flexibility index (Phi) is 7.26. The predicted molar refractivity (Wildman–Crippen MR) is 123 cm³/mol. The van der Waals surface area contributed by atoms with Crippen LogP contribution >= 0.6 is 0 Å². The number of hydrogen-bond donors (Lipinski definition) is 2. The van der Waals surface area contributed by atoms with Crippen molar-refractivity contribution in [2.45, 2.75) is 6.54 Å². The highest BCUT2D eigenvalue weighted by Crippen LogP contribution is 2.32. The molecule has 0 radical (unpaired) electrons. The molecule has 1 saturated heterocycles. The molecule has 2 heterocycles. The molecule has 2 N–H and O–H groups in total. The molecule has 4 rings (SSSR count). The molecular formula is C24H29N3O5. The first-order chi connectivity index (χ1) is 15.7. The van der Waals surface area contributed by atoms with Gasteiger partial charge in [0.15, 0.2) is 17.1 Å². The van der Waals surface area contributed by atoms with Gasteiger partial charge in [-0.2, -0.15) is 0 Å². The summed E-state index contributed by atoms with van der Waals surface area (Å²) in [5.41, 5.74) is 2.28. The molecule has 0 unspecified atom stereocenters. The number of hydrogen-bond acceptors (Lipinski definition) is 7. The van der Waals surface area contributed by atoms with E-state index in [-0.39, 0.29) is 11.7 Å². The number of anilines is 1. The van der Waals surface area contributed by atoms with Crippen molar-refractivity contribution in [1.29, 1.82) is 0 Å².